The van der Waals surface area contributed by atoms with Gasteiger partial charge in [-0.15, -0.1) is 0 Å². The van der Waals surface area contributed by atoms with Crippen LogP contribution in [0.15, 0.2) is 11.6 Å². The molecule has 4 rings (SSSR count). The van der Waals surface area contributed by atoms with Gasteiger partial charge in [-0.1, -0.05) is 25.5 Å². The van der Waals surface area contributed by atoms with Crippen molar-refractivity contribution >= 4 is 10.4 Å². The maximum atomic E-state index is 11.0. The normalized spacial score (nSPS) is 49.8. The van der Waals surface area contributed by atoms with Gasteiger partial charge in [-0.25, -0.2) is 4.18 Å². The van der Waals surface area contributed by atoms with E-state index in [2.05, 4.69) is 13.8 Å². The first-order valence-electron chi connectivity index (χ1n) is 9.68. The van der Waals surface area contributed by atoms with Crippen LogP contribution in [0.3, 0.4) is 0 Å². The first-order chi connectivity index (χ1) is 11.6. The predicted molar refractivity (Wildman–Crippen MR) is 94.1 cm³/mol. The Morgan fingerprint density at radius 2 is 1.84 bits per heavy atom. The minimum absolute atomic E-state index is 0.0873. The van der Waals surface area contributed by atoms with E-state index in [1.165, 1.54) is 5.57 Å². The first kappa shape index (κ1) is 18.0. The van der Waals surface area contributed by atoms with Crippen molar-refractivity contribution in [1.29, 1.82) is 0 Å². The molecule has 0 aromatic heterocycles. The van der Waals surface area contributed by atoms with E-state index in [0.717, 1.165) is 44.9 Å². The number of hydrogen-bond acceptors (Lipinski definition) is 4. The van der Waals surface area contributed by atoms with Crippen molar-refractivity contribution < 1.29 is 22.3 Å². The molecular weight excluding hydrogens is 340 g/mol. The number of aliphatic hydroxyl groups is 1. The molecule has 0 spiro atoms. The molecule has 3 saturated carbocycles. The average Bonchev–Trinajstić information content (AvgIpc) is 2.82. The first-order valence-corrected chi connectivity index (χ1v) is 11.0. The summed E-state index contributed by atoms with van der Waals surface area (Å²) in [5.74, 6) is 1.89. The van der Waals surface area contributed by atoms with Gasteiger partial charge in [0, 0.05) is 0 Å². The highest BCUT2D eigenvalue weighted by atomic mass is 32.3. The smallest absolute Gasteiger partial charge is 0.393 e. The van der Waals surface area contributed by atoms with E-state index in [0.29, 0.717) is 24.2 Å². The minimum atomic E-state index is -4.40. The number of aliphatic hydroxyl groups excluding tert-OH is 1. The zero-order valence-electron chi connectivity index (χ0n) is 15.1. The summed E-state index contributed by atoms with van der Waals surface area (Å²) < 4.78 is 35.9. The second-order valence-corrected chi connectivity index (χ2v) is 10.3. The molecule has 6 heteroatoms. The standard InChI is InChI=1S/C19H30O5S/c1-18-9-7-13(24-25(21,22)23)11-12(18)3-4-14-15-5-6-17(20)19(15,2)10-8-16(14)18/h11,13-17,20H,3-10H2,1-2H3,(H,21,22,23)/t13-,14+,15+,16+,17-,18+,19+/m1/s1. The van der Waals surface area contributed by atoms with E-state index in [1.807, 2.05) is 6.08 Å². The molecule has 0 saturated heterocycles. The third kappa shape index (κ3) is 2.80. The van der Waals surface area contributed by atoms with Crippen molar-refractivity contribution in [3.05, 3.63) is 11.6 Å². The molecular formula is C19H30O5S. The number of fused-ring (bicyclic) bond motifs is 5. The molecule has 0 heterocycles. The van der Waals surface area contributed by atoms with E-state index >= 15 is 0 Å². The fraction of sp³-hybridized carbons (Fsp3) is 0.895. The molecule has 7 atom stereocenters. The van der Waals surface area contributed by atoms with Crippen LogP contribution >= 0.6 is 0 Å². The van der Waals surface area contributed by atoms with Gasteiger partial charge in [0.2, 0.25) is 0 Å². The molecule has 0 amide bonds. The summed E-state index contributed by atoms with van der Waals surface area (Å²) in [6.45, 7) is 4.63. The number of rotatable bonds is 2. The van der Waals surface area contributed by atoms with Gasteiger partial charge < -0.3 is 5.11 Å². The minimum Gasteiger partial charge on any atom is -0.393 e. The van der Waals surface area contributed by atoms with E-state index in [1.54, 1.807) is 0 Å². The van der Waals surface area contributed by atoms with Gasteiger partial charge >= 0.3 is 10.4 Å². The van der Waals surface area contributed by atoms with Gasteiger partial charge in [0.25, 0.3) is 0 Å². The van der Waals surface area contributed by atoms with Crippen LogP contribution in [0.4, 0.5) is 0 Å². The maximum absolute atomic E-state index is 11.0. The molecule has 0 aromatic carbocycles. The quantitative estimate of drug-likeness (QED) is 0.574. The molecule has 25 heavy (non-hydrogen) atoms. The van der Waals surface area contributed by atoms with Crippen molar-refractivity contribution in [3.63, 3.8) is 0 Å². The molecule has 4 aliphatic rings. The molecule has 0 aliphatic heterocycles. The molecule has 0 bridgehead atoms. The van der Waals surface area contributed by atoms with Gasteiger partial charge in [0.1, 0.15) is 0 Å². The lowest BCUT2D eigenvalue weighted by Gasteiger charge is -2.58. The Balaban J connectivity index is 1.60. The van der Waals surface area contributed by atoms with Crippen LogP contribution in [-0.4, -0.2) is 30.3 Å². The highest BCUT2D eigenvalue weighted by Crippen LogP contribution is 2.65. The Bertz CT molecular complexity index is 686. The van der Waals surface area contributed by atoms with Gasteiger partial charge in [0.15, 0.2) is 0 Å². The van der Waals surface area contributed by atoms with Gasteiger partial charge in [-0.3, -0.25) is 4.55 Å². The Morgan fingerprint density at radius 1 is 1.08 bits per heavy atom. The third-order valence-corrected chi connectivity index (χ3v) is 8.76. The summed E-state index contributed by atoms with van der Waals surface area (Å²) >= 11 is 0. The van der Waals surface area contributed by atoms with Crippen LogP contribution in [-0.2, 0) is 14.6 Å². The van der Waals surface area contributed by atoms with Crippen molar-refractivity contribution in [3.8, 4) is 0 Å². The lowest BCUT2D eigenvalue weighted by molar-refractivity contribution is -0.0757. The predicted octanol–water partition coefficient (Wildman–Crippen LogP) is 3.50. The monoisotopic (exact) mass is 370 g/mol. The molecule has 4 aliphatic carbocycles. The van der Waals surface area contributed by atoms with E-state index < -0.39 is 16.5 Å². The number of allylic oxidation sites excluding steroid dienone is 1. The third-order valence-electron chi connectivity index (χ3n) is 8.27. The van der Waals surface area contributed by atoms with Gasteiger partial charge in [-0.05, 0) is 80.0 Å². The highest BCUT2D eigenvalue weighted by molar-refractivity contribution is 7.80. The van der Waals surface area contributed by atoms with Crippen LogP contribution in [0.5, 0.6) is 0 Å². The zero-order valence-corrected chi connectivity index (χ0v) is 16.0. The molecule has 0 unspecified atom stereocenters. The highest BCUT2D eigenvalue weighted by Gasteiger charge is 2.58. The van der Waals surface area contributed by atoms with Gasteiger partial charge in [0.05, 0.1) is 12.2 Å². The fourth-order valence-corrected chi connectivity index (χ4v) is 7.37. The molecule has 2 N–H and O–H groups in total. The molecule has 0 aromatic rings. The lowest BCUT2D eigenvalue weighted by atomic mass is 9.47. The van der Waals surface area contributed by atoms with Crippen molar-refractivity contribution in [2.45, 2.75) is 77.4 Å². The lowest BCUT2D eigenvalue weighted by Crippen LogP contribution is -2.51. The van der Waals surface area contributed by atoms with Crippen LogP contribution in [0.1, 0.15) is 65.2 Å². The van der Waals surface area contributed by atoms with Crippen LogP contribution in [0.2, 0.25) is 0 Å². The van der Waals surface area contributed by atoms with Crippen LogP contribution < -0.4 is 0 Å². The zero-order chi connectivity index (χ0) is 18.0. The van der Waals surface area contributed by atoms with Crippen molar-refractivity contribution in [1.82, 2.24) is 0 Å². The van der Waals surface area contributed by atoms with Gasteiger partial charge in [-0.2, -0.15) is 8.42 Å². The summed E-state index contributed by atoms with van der Waals surface area (Å²) in [6, 6.07) is 0. The molecule has 3 fully saturated rings. The topological polar surface area (TPSA) is 83.8 Å². The van der Waals surface area contributed by atoms with Crippen molar-refractivity contribution in [2.75, 3.05) is 0 Å². The fourth-order valence-electron chi connectivity index (χ4n) is 6.90. The SMILES string of the molecule is C[C@]12CC[C@H]3[C@@H](CCC4=C[C@H](OS(=O)(=O)O)CC[C@@]43C)[C@@H]1CC[C@H]2O. The Kier molecular flexibility index (Phi) is 4.15. The molecule has 5 nitrogen and oxygen atoms in total. The Labute approximate surface area is 150 Å². The summed E-state index contributed by atoms with van der Waals surface area (Å²) in [6.07, 6.45) is 9.24. The number of hydrogen-bond donors (Lipinski definition) is 2. The summed E-state index contributed by atoms with van der Waals surface area (Å²) in [5.41, 5.74) is 1.51. The van der Waals surface area contributed by atoms with E-state index in [9.17, 15) is 13.5 Å². The summed E-state index contributed by atoms with van der Waals surface area (Å²) in [5, 5.41) is 10.5. The second-order valence-electron chi connectivity index (χ2n) is 9.26. The molecule has 142 valence electrons. The molecule has 0 radical (unpaired) electrons. The van der Waals surface area contributed by atoms with Crippen molar-refractivity contribution in [2.24, 2.45) is 28.6 Å². The largest absolute Gasteiger partial charge is 0.397 e. The van der Waals surface area contributed by atoms with E-state index in [-0.39, 0.29) is 16.9 Å². The average molecular weight is 371 g/mol. The Morgan fingerprint density at radius 3 is 2.56 bits per heavy atom. The van der Waals surface area contributed by atoms with Crippen LogP contribution in [0, 0.1) is 28.6 Å². The maximum Gasteiger partial charge on any atom is 0.397 e. The second kappa shape index (κ2) is 5.78. The van der Waals surface area contributed by atoms with Crippen LogP contribution in [0.25, 0.3) is 0 Å². The summed E-state index contributed by atoms with van der Waals surface area (Å²) in [4.78, 5) is 0. The summed E-state index contributed by atoms with van der Waals surface area (Å²) in [7, 11) is -4.40. The Hall–Kier alpha value is -0.430. The van der Waals surface area contributed by atoms with E-state index in [4.69, 9.17) is 8.74 Å².